The van der Waals surface area contributed by atoms with Gasteiger partial charge in [-0.25, -0.2) is 0 Å². The van der Waals surface area contributed by atoms with Crippen LogP contribution < -0.4 is 14.8 Å². The van der Waals surface area contributed by atoms with Gasteiger partial charge in [0.05, 0.1) is 14.2 Å². The fourth-order valence-electron chi connectivity index (χ4n) is 3.05. The van der Waals surface area contributed by atoms with Crippen molar-refractivity contribution >= 4 is 15.9 Å². The van der Waals surface area contributed by atoms with E-state index in [0.717, 1.165) is 42.2 Å². The lowest BCUT2D eigenvalue weighted by molar-refractivity contribution is 0.162. The number of unbranched alkanes of at least 4 members (excludes halogenated alkanes) is 1. The van der Waals surface area contributed by atoms with E-state index in [4.69, 9.17) is 9.47 Å². The Kier molecular flexibility index (Phi) is 6.99. The summed E-state index contributed by atoms with van der Waals surface area (Å²) in [5.74, 6) is 1.57. The topological polar surface area (TPSA) is 33.7 Å². The Morgan fingerprint density at radius 3 is 2.41 bits per heavy atom. The van der Waals surface area contributed by atoms with E-state index in [1.165, 1.54) is 24.8 Å². The zero-order valence-electron chi connectivity index (χ0n) is 13.8. The molecule has 1 atom stereocenters. The lowest BCUT2D eigenvalue weighted by Gasteiger charge is -2.36. The number of nitrogens with zero attached hydrogens (tertiary/aromatic N) is 1. The highest BCUT2D eigenvalue weighted by Crippen LogP contribution is 2.39. The minimum Gasteiger partial charge on any atom is -0.493 e. The third-order valence-corrected chi connectivity index (χ3v) is 4.97. The van der Waals surface area contributed by atoms with Crippen molar-refractivity contribution in [1.82, 2.24) is 10.2 Å². The third-order valence-electron chi connectivity index (χ3n) is 4.29. The fraction of sp³-hybridized carbons (Fsp3) is 0.647. The first kappa shape index (κ1) is 17.6. The largest absolute Gasteiger partial charge is 0.493 e. The van der Waals surface area contributed by atoms with E-state index >= 15 is 0 Å². The average Bonchev–Trinajstić information content (AvgIpc) is 2.57. The Hall–Kier alpha value is -0.780. The van der Waals surface area contributed by atoms with E-state index < -0.39 is 0 Å². The zero-order valence-corrected chi connectivity index (χ0v) is 15.4. The minimum absolute atomic E-state index is 0.427. The molecule has 0 radical (unpaired) electrons. The summed E-state index contributed by atoms with van der Waals surface area (Å²) in [6.07, 6.45) is 3.62. The number of piperazine rings is 1. The number of ether oxygens (including phenoxy) is 2. The molecule has 1 aliphatic rings. The van der Waals surface area contributed by atoms with Crippen LogP contribution >= 0.6 is 15.9 Å². The number of rotatable bonds is 7. The molecular weight excluding hydrogens is 344 g/mol. The van der Waals surface area contributed by atoms with Gasteiger partial charge in [0.15, 0.2) is 11.5 Å². The molecule has 1 aromatic carbocycles. The molecule has 0 aliphatic carbocycles. The Balaban J connectivity index is 2.32. The van der Waals surface area contributed by atoms with E-state index in [9.17, 15) is 0 Å². The maximum atomic E-state index is 5.50. The quantitative estimate of drug-likeness (QED) is 0.794. The monoisotopic (exact) mass is 370 g/mol. The number of hydrogen-bond donors (Lipinski definition) is 1. The normalized spacial score (nSPS) is 17.3. The van der Waals surface area contributed by atoms with Gasteiger partial charge >= 0.3 is 0 Å². The molecule has 5 heteroatoms. The molecule has 0 bridgehead atoms. The summed E-state index contributed by atoms with van der Waals surface area (Å²) in [6, 6.07) is 4.58. The van der Waals surface area contributed by atoms with Crippen molar-refractivity contribution in [2.75, 3.05) is 40.4 Å². The first-order valence-corrected chi connectivity index (χ1v) is 8.86. The van der Waals surface area contributed by atoms with Crippen LogP contribution in [0, 0.1) is 0 Å². The van der Waals surface area contributed by atoms with Crippen molar-refractivity contribution in [2.24, 2.45) is 0 Å². The van der Waals surface area contributed by atoms with Gasteiger partial charge in [0.2, 0.25) is 0 Å². The summed E-state index contributed by atoms with van der Waals surface area (Å²) in [4.78, 5) is 2.58. The van der Waals surface area contributed by atoms with Gasteiger partial charge in [-0.15, -0.1) is 0 Å². The second-order valence-electron chi connectivity index (χ2n) is 5.67. The molecule has 0 amide bonds. The summed E-state index contributed by atoms with van der Waals surface area (Å²) in [6.45, 7) is 6.56. The summed E-state index contributed by atoms with van der Waals surface area (Å²) >= 11 is 3.73. The summed E-state index contributed by atoms with van der Waals surface area (Å²) in [7, 11) is 3.37. The van der Waals surface area contributed by atoms with Crippen LogP contribution in [0.4, 0.5) is 0 Å². The molecule has 1 N–H and O–H groups in total. The van der Waals surface area contributed by atoms with Gasteiger partial charge in [0.25, 0.3) is 0 Å². The Labute approximate surface area is 142 Å². The van der Waals surface area contributed by atoms with Crippen LogP contribution in [0.25, 0.3) is 0 Å². The molecule has 1 unspecified atom stereocenters. The van der Waals surface area contributed by atoms with Crippen LogP contribution in [-0.4, -0.2) is 45.3 Å². The van der Waals surface area contributed by atoms with Crippen molar-refractivity contribution < 1.29 is 9.47 Å². The first-order chi connectivity index (χ1) is 10.7. The highest BCUT2D eigenvalue weighted by atomic mass is 79.9. The highest BCUT2D eigenvalue weighted by molar-refractivity contribution is 9.10. The molecule has 2 rings (SSSR count). The lowest BCUT2D eigenvalue weighted by atomic mass is 9.98. The smallest absolute Gasteiger partial charge is 0.161 e. The Bertz CT molecular complexity index is 476. The molecule has 1 aromatic rings. The van der Waals surface area contributed by atoms with Crippen LogP contribution in [-0.2, 0) is 0 Å². The number of nitrogens with one attached hydrogen (secondary N) is 1. The Morgan fingerprint density at radius 2 is 1.82 bits per heavy atom. The van der Waals surface area contributed by atoms with Gasteiger partial charge in [-0.3, -0.25) is 4.90 Å². The van der Waals surface area contributed by atoms with Crippen molar-refractivity contribution in [3.05, 3.63) is 22.2 Å². The van der Waals surface area contributed by atoms with Gasteiger partial charge < -0.3 is 14.8 Å². The number of benzene rings is 1. The summed E-state index contributed by atoms with van der Waals surface area (Å²) < 4.78 is 12.0. The van der Waals surface area contributed by atoms with Crippen LogP contribution in [0.5, 0.6) is 11.5 Å². The van der Waals surface area contributed by atoms with Gasteiger partial charge in [0.1, 0.15) is 0 Å². The standard InChI is InChI=1S/C17H27BrN2O2/c1-4-5-6-15(20-9-7-19-8-10-20)13-11-16(21-2)17(22-3)12-14(13)18/h11-12,15,19H,4-10H2,1-3H3. The average molecular weight is 371 g/mol. The van der Waals surface area contributed by atoms with E-state index in [1.54, 1.807) is 14.2 Å². The van der Waals surface area contributed by atoms with Crippen molar-refractivity contribution in [2.45, 2.75) is 32.2 Å². The molecule has 0 aromatic heterocycles. The summed E-state index contributed by atoms with van der Waals surface area (Å²) in [5, 5.41) is 3.43. The summed E-state index contributed by atoms with van der Waals surface area (Å²) in [5.41, 5.74) is 1.30. The maximum Gasteiger partial charge on any atom is 0.161 e. The van der Waals surface area contributed by atoms with Crippen molar-refractivity contribution in [3.63, 3.8) is 0 Å². The molecule has 0 saturated carbocycles. The minimum atomic E-state index is 0.427. The van der Waals surface area contributed by atoms with Crippen LogP contribution in [0.15, 0.2) is 16.6 Å². The molecule has 4 nitrogen and oxygen atoms in total. The third kappa shape index (κ3) is 4.15. The predicted molar refractivity (Wildman–Crippen MR) is 94.0 cm³/mol. The van der Waals surface area contributed by atoms with Crippen LogP contribution in [0.3, 0.4) is 0 Å². The van der Waals surface area contributed by atoms with Gasteiger partial charge in [0, 0.05) is 36.7 Å². The molecule has 1 saturated heterocycles. The van der Waals surface area contributed by atoms with Crippen molar-refractivity contribution in [1.29, 1.82) is 0 Å². The van der Waals surface area contributed by atoms with E-state index in [-0.39, 0.29) is 0 Å². The number of hydrogen-bond acceptors (Lipinski definition) is 4. The molecule has 1 fully saturated rings. The van der Waals surface area contributed by atoms with E-state index in [1.807, 2.05) is 6.07 Å². The van der Waals surface area contributed by atoms with E-state index in [0.29, 0.717) is 6.04 Å². The second-order valence-corrected chi connectivity index (χ2v) is 6.53. The number of methoxy groups -OCH3 is 2. The number of halogens is 1. The second kappa shape index (κ2) is 8.75. The molecular formula is C17H27BrN2O2. The Morgan fingerprint density at radius 1 is 1.18 bits per heavy atom. The molecule has 1 aliphatic heterocycles. The van der Waals surface area contributed by atoms with Crippen LogP contribution in [0.2, 0.25) is 0 Å². The van der Waals surface area contributed by atoms with E-state index in [2.05, 4.69) is 39.1 Å². The first-order valence-electron chi connectivity index (χ1n) is 8.07. The maximum absolute atomic E-state index is 5.50. The van der Waals surface area contributed by atoms with Gasteiger partial charge in [-0.05, 0) is 24.1 Å². The SMILES string of the molecule is CCCCC(c1cc(OC)c(OC)cc1Br)N1CCNCC1. The van der Waals surface area contributed by atoms with Crippen molar-refractivity contribution in [3.8, 4) is 11.5 Å². The lowest BCUT2D eigenvalue weighted by Crippen LogP contribution is -2.45. The zero-order chi connectivity index (χ0) is 15.9. The molecule has 124 valence electrons. The highest BCUT2D eigenvalue weighted by Gasteiger charge is 2.25. The van der Waals surface area contributed by atoms with Crippen LogP contribution in [0.1, 0.15) is 37.8 Å². The molecule has 1 heterocycles. The fourth-order valence-corrected chi connectivity index (χ4v) is 3.64. The molecule has 0 spiro atoms. The van der Waals surface area contributed by atoms with Gasteiger partial charge in [-0.2, -0.15) is 0 Å². The molecule has 22 heavy (non-hydrogen) atoms. The van der Waals surface area contributed by atoms with Gasteiger partial charge in [-0.1, -0.05) is 35.7 Å². The predicted octanol–water partition coefficient (Wildman–Crippen LogP) is 3.60.